The van der Waals surface area contributed by atoms with Gasteiger partial charge in [-0.3, -0.25) is 0 Å². The molecule has 174 valence electrons. The fraction of sp³-hybridized carbons (Fsp3) is 0.348. The maximum absolute atomic E-state index is 12.9. The van der Waals surface area contributed by atoms with Gasteiger partial charge in [0.2, 0.25) is 0 Å². The van der Waals surface area contributed by atoms with Gasteiger partial charge >= 0.3 is 5.97 Å². The van der Waals surface area contributed by atoms with Crippen LogP contribution in [0.4, 0.5) is 0 Å². The second-order valence-electron chi connectivity index (χ2n) is 7.90. The molecule has 4 rings (SSSR count). The summed E-state index contributed by atoms with van der Waals surface area (Å²) < 4.78 is 12.9. The molecule has 0 amide bonds. The third-order valence-electron chi connectivity index (χ3n) is 5.37. The van der Waals surface area contributed by atoms with Crippen LogP contribution in [0.15, 0.2) is 47.9 Å². The van der Waals surface area contributed by atoms with E-state index in [2.05, 4.69) is 10.1 Å². The Morgan fingerprint density at radius 2 is 2.15 bits per heavy atom. The van der Waals surface area contributed by atoms with Crippen molar-refractivity contribution in [3.05, 3.63) is 64.7 Å². The zero-order valence-corrected chi connectivity index (χ0v) is 18.9. The zero-order valence-electron chi connectivity index (χ0n) is 18.1. The Hall–Kier alpha value is -3.30. The number of esters is 1. The number of epoxide rings is 1. The Morgan fingerprint density at radius 1 is 1.33 bits per heavy atom. The molecule has 0 spiro atoms. The summed E-state index contributed by atoms with van der Waals surface area (Å²) in [5, 5.41) is 24.7. The topological polar surface area (TPSA) is 119 Å². The minimum Gasteiger partial charge on any atom is -0.507 e. The first-order valence-corrected chi connectivity index (χ1v) is 10.8. The van der Waals surface area contributed by atoms with Crippen LogP contribution in [0, 0.1) is 0 Å². The van der Waals surface area contributed by atoms with Gasteiger partial charge in [0.1, 0.15) is 35.1 Å². The molecule has 1 saturated heterocycles. The summed E-state index contributed by atoms with van der Waals surface area (Å²) in [7, 11) is 1.84. The molecule has 0 aliphatic carbocycles. The molecule has 33 heavy (non-hydrogen) atoms. The minimum absolute atomic E-state index is 0.00688. The maximum atomic E-state index is 12.9. The number of hydrogen-bond acceptors (Lipinski definition) is 8. The van der Waals surface area contributed by atoms with Crippen LogP contribution in [-0.4, -0.2) is 49.8 Å². The number of carbonyl (C=O) groups is 1. The molecule has 10 heteroatoms. The minimum atomic E-state index is -0.751. The van der Waals surface area contributed by atoms with Crippen LogP contribution in [-0.2, 0) is 34.4 Å². The number of halogens is 1. The molecule has 9 nitrogen and oxygen atoms in total. The lowest BCUT2D eigenvalue weighted by Crippen LogP contribution is -2.20. The average molecular weight is 474 g/mol. The number of phenolic OH excluding ortho intramolecular Hbond substituents is 2. The van der Waals surface area contributed by atoms with E-state index < -0.39 is 17.8 Å². The van der Waals surface area contributed by atoms with Gasteiger partial charge in [0.05, 0.1) is 16.8 Å². The second-order valence-corrected chi connectivity index (χ2v) is 8.28. The lowest BCUT2D eigenvalue weighted by atomic mass is 9.99. The molecule has 1 aromatic carbocycles. The van der Waals surface area contributed by atoms with Crippen LogP contribution in [0.5, 0.6) is 11.5 Å². The number of phenols is 2. The molecule has 3 unspecified atom stereocenters. The maximum Gasteiger partial charge on any atom is 0.342 e. The van der Waals surface area contributed by atoms with E-state index in [0.29, 0.717) is 18.0 Å². The number of nitrogens with zero attached hydrogens (tertiary/aromatic N) is 3. The van der Waals surface area contributed by atoms with E-state index in [-0.39, 0.29) is 47.1 Å². The van der Waals surface area contributed by atoms with E-state index in [1.807, 2.05) is 19.2 Å². The van der Waals surface area contributed by atoms with E-state index in [1.165, 1.54) is 0 Å². The Balaban J connectivity index is 1.69. The van der Waals surface area contributed by atoms with Crippen LogP contribution in [0.3, 0.4) is 0 Å². The molecular formula is C23H24ClN3O6. The summed E-state index contributed by atoms with van der Waals surface area (Å²) >= 11 is 6.33. The third kappa shape index (κ3) is 5.37. The molecule has 2 aliphatic rings. The van der Waals surface area contributed by atoms with Gasteiger partial charge in [0.25, 0.3) is 0 Å². The lowest BCUT2D eigenvalue weighted by molar-refractivity contribution is 0.0306. The van der Waals surface area contributed by atoms with Gasteiger partial charge in [-0.15, -0.1) is 0 Å². The molecule has 0 radical (unpaired) electrons. The number of aromatic nitrogens is 2. The van der Waals surface area contributed by atoms with Crippen molar-refractivity contribution >= 4 is 23.3 Å². The quantitative estimate of drug-likeness (QED) is 0.398. The van der Waals surface area contributed by atoms with Crippen LogP contribution in [0.2, 0.25) is 5.02 Å². The van der Waals surface area contributed by atoms with Crippen molar-refractivity contribution in [3.8, 4) is 11.5 Å². The first kappa shape index (κ1) is 22.9. The molecule has 2 aliphatic heterocycles. The van der Waals surface area contributed by atoms with E-state index in [0.717, 1.165) is 6.07 Å². The third-order valence-corrected chi connectivity index (χ3v) is 5.80. The van der Waals surface area contributed by atoms with Crippen LogP contribution in [0.25, 0.3) is 0 Å². The highest BCUT2D eigenvalue weighted by Gasteiger charge is 2.38. The number of oxime groups is 1. The van der Waals surface area contributed by atoms with Gasteiger partial charge in [-0.2, -0.15) is 0 Å². The van der Waals surface area contributed by atoms with E-state index in [9.17, 15) is 15.0 Å². The van der Waals surface area contributed by atoms with E-state index in [1.54, 1.807) is 36.0 Å². The second kappa shape index (κ2) is 9.68. The first-order chi connectivity index (χ1) is 15.8. The molecule has 2 aromatic rings. The highest BCUT2D eigenvalue weighted by atomic mass is 35.5. The first-order valence-electron chi connectivity index (χ1n) is 10.4. The van der Waals surface area contributed by atoms with Crippen molar-refractivity contribution in [3.63, 3.8) is 0 Å². The number of rotatable bonds is 3. The van der Waals surface area contributed by atoms with Crippen molar-refractivity contribution in [1.29, 1.82) is 0 Å². The fourth-order valence-corrected chi connectivity index (χ4v) is 3.78. The Morgan fingerprint density at radius 3 is 2.91 bits per heavy atom. The summed E-state index contributed by atoms with van der Waals surface area (Å²) in [6.45, 7) is 1.88. The Labute approximate surface area is 195 Å². The number of cyclic esters (lactones) is 1. The van der Waals surface area contributed by atoms with Crippen LogP contribution in [0.1, 0.15) is 35.1 Å². The lowest BCUT2D eigenvalue weighted by Gasteiger charge is -2.17. The van der Waals surface area contributed by atoms with Gasteiger partial charge in [-0.25, -0.2) is 9.78 Å². The van der Waals surface area contributed by atoms with Gasteiger partial charge in [0.15, 0.2) is 6.61 Å². The van der Waals surface area contributed by atoms with Crippen molar-refractivity contribution in [2.45, 2.75) is 44.7 Å². The number of carbonyl (C=O) groups excluding carboxylic acids is 1. The van der Waals surface area contributed by atoms with Crippen LogP contribution >= 0.6 is 11.6 Å². The summed E-state index contributed by atoms with van der Waals surface area (Å²) in [6, 6.07) is 1.02. The number of benzene rings is 1. The van der Waals surface area contributed by atoms with Gasteiger partial charge in [-0.05, 0) is 18.6 Å². The number of imidazole rings is 1. The van der Waals surface area contributed by atoms with Crippen LogP contribution < -0.4 is 0 Å². The molecular weight excluding hydrogens is 450 g/mol. The number of ether oxygens (including phenoxy) is 2. The van der Waals surface area contributed by atoms with Crippen molar-refractivity contribution in [2.24, 2.45) is 12.2 Å². The van der Waals surface area contributed by atoms with E-state index >= 15 is 0 Å². The van der Waals surface area contributed by atoms with Crippen molar-refractivity contribution in [1.82, 2.24) is 9.55 Å². The van der Waals surface area contributed by atoms with Crippen molar-refractivity contribution < 1.29 is 29.3 Å². The van der Waals surface area contributed by atoms with Gasteiger partial charge in [0, 0.05) is 38.3 Å². The molecule has 1 fully saturated rings. The highest BCUT2D eigenvalue weighted by Crippen LogP contribution is 2.38. The number of aryl methyl sites for hydroxylation is 1. The standard InChI is InChI=1S/C23H24ClN3O6/c1-13-9-19-18(33-19)6-4-3-5-14(26-31-12-20-25-7-8-27(20)2)10-15-21(23(30)32-13)16(28)11-17(29)22(15)24/h3-8,11,13,18-19,28-29H,9-10,12H2,1-2H3/b5-3+,6-4+,26-14+. The number of fused-ring (bicyclic) bond motifs is 2. The largest absolute Gasteiger partial charge is 0.507 e. The summed E-state index contributed by atoms with van der Waals surface area (Å²) in [5.74, 6) is -0.874. The predicted molar refractivity (Wildman–Crippen MR) is 120 cm³/mol. The monoisotopic (exact) mass is 473 g/mol. The normalized spacial score (nSPS) is 26.0. The number of hydrogen-bond donors (Lipinski definition) is 2. The van der Waals surface area contributed by atoms with Gasteiger partial charge < -0.3 is 29.1 Å². The highest BCUT2D eigenvalue weighted by molar-refractivity contribution is 6.33. The van der Waals surface area contributed by atoms with E-state index in [4.69, 9.17) is 25.9 Å². The molecule has 3 atom stereocenters. The molecule has 1 aromatic heterocycles. The Kier molecular flexibility index (Phi) is 6.71. The fourth-order valence-electron chi connectivity index (χ4n) is 3.56. The summed E-state index contributed by atoms with van der Waals surface area (Å²) in [6.07, 6.45) is 10.6. The zero-order chi connectivity index (χ0) is 23.5. The number of aromatic hydroxyl groups is 2. The smallest absolute Gasteiger partial charge is 0.342 e. The molecule has 2 N–H and O–H groups in total. The van der Waals surface area contributed by atoms with Gasteiger partial charge in [-0.1, -0.05) is 35.0 Å². The SMILES string of the molecule is CC1CC2OC2/C=C/C=C/C(=N\OCc2nccn2C)Cc2c(Cl)c(O)cc(O)c2C(=O)O1. The molecule has 0 bridgehead atoms. The van der Waals surface area contributed by atoms with Crippen molar-refractivity contribution in [2.75, 3.05) is 0 Å². The number of allylic oxidation sites excluding steroid dienone is 3. The summed E-state index contributed by atoms with van der Waals surface area (Å²) in [4.78, 5) is 22.6. The summed E-state index contributed by atoms with van der Waals surface area (Å²) in [5.41, 5.74) is 0.445. The predicted octanol–water partition coefficient (Wildman–Crippen LogP) is 3.43. The Bertz CT molecular complexity index is 1140. The average Bonchev–Trinajstić information content (AvgIpc) is 3.36. The molecule has 0 saturated carbocycles. The molecule has 3 heterocycles.